The first-order valence-electron chi connectivity index (χ1n) is 7.38. The van der Waals surface area contributed by atoms with Gasteiger partial charge in [-0.05, 0) is 42.0 Å². The summed E-state index contributed by atoms with van der Waals surface area (Å²) in [6, 6.07) is 15.7. The Morgan fingerprint density at radius 2 is 1.71 bits per heavy atom. The van der Waals surface area contributed by atoms with Crippen molar-refractivity contribution in [2.45, 2.75) is 12.8 Å². The van der Waals surface area contributed by atoms with E-state index in [1.807, 2.05) is 0 Å². The van der Waals surface area contributed by atoms with Crippen LogP contribution in [-0.2, 0) is 11.2 Å². The molecule has 0 fully saturated rings. The third kappa shape index (κ3) is 5.41. The summed E-state index contributed by atoms with van der Waals surface area (Å²) in [7, 11) is 0. The molecule has 0 aromatic heterocycles. The normalized spacial score (nSPS) is 9.83. The summed E-state index contributed by atoms with van der Waals surface area (Å²) in [5.74, 6) is -0.445. The van der Waals surface area contributed by atoms with Crippen LogP contribution in [0.1, 0.15) is 22.3 Å². The number of nitriles is 1. The molecule has 0 atom stereocenters. The van der Waals surface area contributed by atoms with Crippen LogP contribution in [0, 0.1) is 11.3 Å². The molecule has 0 saturated heterocycles. The second-order valence-electron chi connectivity index (χ2n) is 5.09. The summed E-state index contributed by atoms with van der Waals surface area (Å²) in [6.07, 6.45) is 0.504. The van der Waals surface area contributed by atoms with E-state index in [-0.39, 0.29) is 24.8 Å². The fraction of sp³-hybridized carbons (Fsp3) is 0.167. The molecule has 2 aromatic carbocycles. The molecule has 24 heavy (non-hydrogen) atoms. The second-order valence-corrected chi connectivity index (χ2v) is 5.53. The predicted octanol–water partition coefficient (Wildman–Crippen LogP) is 3.16. The van der Waals surface area contributed by atoms with Crippen molar-refractivity contribution in [1.29, 1.82) is 5.26 Å². The van der Waals surface area contributed by atoms with Gasteiger partial charge in [-0.2, -0.15) is 5.26 Å². The van der Waals surface area contributed by atoms with Crippen LogP contribution in [0.4, 0.5) is 5.69 Å². The van der Waals surface area contributed by atoms with Gasteiger partial charge in [0.05, 0.1) is 12.5 Å². The smallest absolute Gasteiger partial charge is 0.251 e. The van der Waals surface area contributed by atoms with Gasteiger partial charge in [0.25, 0.3) is 5.91 Å². The molecule has 122 valence electrons. The van der Waals surface area contributed by atoms with Crippen molar-refractivity contribution in [3.63, 3.8) is 0 Å². The van der Waals surface area contributed by atoms with E-state index in [9.17, 15) is 9.59 Å². The van der Waals surface area contributed by atoms with Gasteiger partial charge in [0.2, 0.25) is 5.91 Å². The summed E-state index contributed by atoms with van der Waals surface area (Å²) in [5, 5.41) is 14.6. The molecule has 2 aromatic rings. The Balaban J connectivity index is 1.75. The summed E-state index contributed by atoms with van der Waals surface area (Å²) >= 11 is 5.77. The highest BCUT2D eigenvalue weighted by Crippen LogP contribution is 2.11. The molecule has 5 nitrogen and oxygen atoms in total. The maximum atomic E-state index is 11.9. The van der Waals surface area contributed by atoms with Crippen LogP contribution in [0.5, 0.6) is 0 Å². The zero-order valence-electron chi connectivity index (χ0n) is 12.9. The Bertz CT molecular complexity index is 749. The molecule has 0 aliphatic heterocycles. The minimum atomic E-state index is -0.250. The summed E-state index contributed by atoms with van der Waals surface area (Å²) in [6.45, 7) is 0.236. The Labute approximate surface area is 145 Å². The fourth-order valence-electron chi connectivity index (χ4n) is 2.01. The van der Waals surface area contributed by atoms with Gasteiger partial charge in [-0.15, -0.1) is 0 Å². The average Bonchev–Trinajstić information content (AvgIpc) is 2.57. The first kappa shape index (κ1) is 17.5. The Morgan fingerprint density at radius 3 is 2.33 bits per heavy atom. The molecule has 0 aliphatic rings. The van der Waals surface area contributed by atoms with Gasteiger partial charge in [0.1, 0.15) is 0 Å². The molecule has 0 saturated carbocycles. The van der Waals surface area contributed by atoms with E-state index in [2.05, 4.69) is 16.7 Å². The topological polar surface area (TPSA) is 82.0 Å². The molecule has 0 spiro atoms. The largest absolute Gasteiger partial charge is 0.352 e. The molecular weight excluding hydrogens is 326 g/mol. The molecule has 0 unspecified atom stereocenters. The van der Waals surface area contributed by atoms with Crippen molar-refractivity contribution >= 4 is 29.1 Å². The lowest BCUT2D eigenvalue weighted by Gasteiger charge is -2.07. The molecule has 0 bridgehead atoms. The van der Waals surface area contributed by atoms with Crippen molar-refractivity contribution in [1.82, 2.24) is 5.32 Å². The number of rotatable bonds is 6. The summed E-state index contributed by atoms with van der Waals surface area (Å²) in [4.78, 5) is 23.7. The summed E-state index contributed by atoms with van der Waals surface area (Å²) in [5.41, 5.74) is 2.05. The minimum Gasteiger partial charge on any atom is -0.352 e. The van der Waals surface area contributed by atoms with E-state index in [4.69, 9.17) is 16.9 Å². The van der Waals surface area contributed by atoms with Crippen LogP contribution in [0.2, 0.25) is 5.02 Å². The number of halogens is 1. The molecule has 6 heteroatoms. The molecule has 2 amide bonds. The molecule has 2 N–H and O–H groups in total. The number of amides is 2. The number of carbonyl (C=O) groups is 2. The van der Waals surface area contributed by atoms with Gasteiger partial charge in [-0.3, -0.25) is 9.59 Å². The van der Waals surface area contributed by atoms with E-state index in [1.165, 1.54) is 0 Å². The molecule has 0 radical (unpaired) electrons. The van der Waals surface area contributed by atoms with Gasteiger partial charge < -0.3 is 10.6 Å². The van der Waals surface area contributed by atoms with E-state index < -0.39 is 0 Å². The Hall–Kier alpha value is -2.84. The van der Waals surface area contributed by atoms with Crippen LogP contribution < -0.4 is 10.6 Å². The maximum absolute atomic E-state index is 11.9. The standard InChI is InChI=1S/C18H16ClN3O2/c19-15-5-3-14(4-6-15)18(24)21-12-10-17(23)22-16-7-1-13(2-8-16)9-11-20/h1-8H,9-10,12H2,(H,21,24)(H,22,23). The first-order chi connectivity index (χ1) is 11.6. The molecular formula is C18H16ClN3O2. The third-order valence-electron chi connectivity index (χ3n) is 3.26. The molecule has 0 aliphatic carbocycles. The maximum Gasteiger partial charge on any atom is 0.251 e. The lowest BCUT2D eigenvalue weighted by molar-refractivity contribution is -0.116. The average molecular weight is 342 g/mol. The van der Waals surface area contributed by atoms with Crippen LogP contribution in [0.15, 0.2) is 48.5 Å². The lowest BCUT2D eigenvalue weighted by Crippen LogP contribution is -2.27. The van der Waals surface area contributed by atoms with E-state index >= 15 is 0 Å². The van der Waals surface area contributed by atoms with Crippen LogP contribution in [0.3, 0.4) is 0 Å². The minimum absolute atomic E-state index is 0.166. The van der Waals surface area contributed by atoms with E-state index in [0.717, 1.165) is 5.56 Å². The van der Waals surface area contributed by atoms with Gasteiger partial charge in [-0.25, -0.2) is 0 Å². The number of carbonyl (C=O) groups excluding carboxylic acids is 2. The number of hydrogen-bond donors (Lipinski definition) is 2. The van der Waals surface area contributed by atoms with Crippen molar-refractivity contribution < 1.29 is 9.59 Å². The van der Waals surface area contributed by atoms with Crippen molar-refractivity contribution in [3.8, 4) is 6.07 Å². The van der Waals surface area contributed by atoms with Crippen LogP contribution in [0.25, 0.3) is 0 Å². The predicted molar refractivity (Wildman–Crippen MR) is 92.8 cm³/mol. The van der Waals surface area contributed by atoms with Crippen molar-refractivity contribution in [2.24, 2.45) is 0 Å². The Morgan fingerprint density at radius 1 is 1.04 bits per heavy atom. The highest BCUT2D eigenvalue weighted by Gasteiger charge is 2.07. The fourth-order valence-corrected chi connectivity index (χ4v) is 2.14. The monoisotopic (exact) mass is 341 g/mol. The SMILES string of the molecule is N#CCc1ccc(NC(=O)CCNC(=O)c2ccc(Cl)cc2)cc1. The van der Waals surface area contributed by atoms with Crippen LogP contribution >= 0.6 is 11.6 Å². The zero-order chi connectivity index (χ0) is 17.4. The van der Waals surface area contributed by atoms with Crippen molar-refractivity contribution in [3.05, 3.63) is 64.7 Å². The van der Waals surface area contributed by atoms with Crippen molar-refractivity contribution in [2.75, 3.05) is 11.9 Å². The molecule has 0 heterocycles. The van der Waals surface area contributed by atoms with Gasteiger partial charge >= 0.3 is 0 Å². The second kappa shape index (κ2) is 8.70. The van der Waals surface area contributed by atoms with Gasteiger partial charge in [0.15, 0.2) is 0 Å². The lowest BCUT2D eigenvalue weighted by atomic mass is 10.1. The van der Waals surface area contributed by atoms with Crippen LogP contribution in [-0.4, -0.2) is 18.4 Å². The summed E-state index contributed by atoms with van der Waals surface area (Å²) < 4.78 is 0. The highest BCUT2D eigenvalue weighted by atomic mass is 35.5. The number of nitrogens with zero attached hydrogens (tertiary/aromatic N) is 1. The highest BCUT2D eigenvalue weighted by molar-refractivity contribution is 6.30. The van der Waals surface area contributed by atoms with E-state index in [1.54, 1.807) is 48.5 Å². The zero-order valence-corrected chi connectivity index (χ0v) is 13.6. The quantitative estimate of drug-likeness (QED) is 0.846. The number of benzene rings is 2. The van der Waals surface area contributed by atoms with Gasteiger partial charge in [-0.1, -0.05) is 23.7 Å². The molecule has 2 rings (SSSR count). The van der Waals surface area contributed by atoms with Gasteiger partial charge in [0, 0.05) is 29.2 Å². The Kier molecular flexibility index (Phi) is 6.35. The number of nitrogens with one attached hydrogen (secondary N) is 2. The number of hydrogen-bond acceptors (Lipinski definition) is 3. The van der Waals surface area contributed by atoms with E-state index in [0.29, 0.717) is 22.7 Å². The number of anilines is 1. The third-order valence-corrected chi connectivity index (χ3v) is 3.52. The first-order valence-corrected chi connectivity index (χ1v) is 7.76.